The molecular weight excluding hydrogens is 255 g/mol. The minimum Gasteiger partial charge on any atom is -0.439 e. The van der Waals surface area contributed by atoms with Crippen molar-refractivity contribution in [3.8, 4) is 11.6 Å². The summed E-state index contributed by atoms with van der Waals surface area (Å²) in [6.45, 7) is 2.38. The van der Waals surface area contributed by atoms with Gasteiger partial charge in [-0.1, -0.05) is 6.07 Å². The maximum absolute atomic E-state index is 13.0. The average molecular weight is 269 g/mol. The smallest absolute Gasteiger partial charge is 0.219 e. The highest BCUT2D eigenvalue weighted by molar-refractivity contribution is 5.85. The molecule has 0 atom stereocenters. The van der Waals surface area contributed by atoms with E-state index in [0.29, 0.717) is 18.2 Å². The number of nitrogens with two attached hydrogens (primary N) is 1. The van der Waals surface area contributed by atoms with Crippen molar-refractivity contribution < 1.29 is 9.13 Å². The molecule has 2 aromatic rings. The number of aromatic nitrogens is 1. The number of nitrogens with zero attached hydrogens (tertiary/aromatic N) is 1. The molecule has 0 aliphatic rings. The Morgan fingerprint density at radius 1 is 1.33 bits per heavy atom. The third kappa shape index (κ3) is 3.42. The zero-order valence-corrected chi connectivity index (χ0v) is 10.7. The first-order valence-electron chi connectivity index (χ1n) is 5.28. The van der Waals surface area contributed by atoms with Crippen LogP contribution >= 0.6 is 12.4 Å². The fraction of sp³-hybridized carbons (Fsp3) is 0.154. The first-order chi connectivity index (χ1) is 8.19. The Hall–Kier alpha value is -1.65. The minimum atomic E-state index is -0.335. The van der Waals surface area contributed by atoms with Crippen molar-refractivity contribution in [1.82, 2.24) is 4.98 Å². The highest BCUT2D eigenvalue weighted by Gasteiger charge is 2.03. The van der Waals surface area contributed by atoms with Crippen LogP contribution in [0.4, 0.5) is 4.39 Å². The zero-order chi connectivity index (χ0) is 12.3. The Kier molecular flexibility index (Phi) is 5.07. The molecule has 0 unspecified atom stereocenters. The SMILES string of the molecule is Cc1cc(Oc2cccc(F)c2)ncc1CN.Cl. The predicted molar refractivity (Wildman–Crippen MR) is 70.6 cm³/mol. The van der Waals surface area contributed by atoms with Crippen LogP contribution in [-0.2, 0) is 6.54 Å². The Labute approximate surface area is 111 Å². The van der Waals surface area contributed by atoms with E-state index in [0.717, 1.165) is 11.1 Å². The van der Waals surface area contributed by atoms with Gasteiger partial charge in [0.1, 0.15) is 11.6 Å². The lowest BCUT2D eigenvalue weighted by molar-refractivity contribution is 0.457. The second-order valence-corrected chi connectivity index (χ2v) is 3.71. The third-order valence-corrected chi connectivity index (χ3v) is 2.43. The van der Waals surface area contributed by atoms with Gasteiger partial charge in [0.2, 0.25) is 5.88 Å². The summed E-state index contributed by atoms with van der Waals surface area (Å²) in [7, 11) is 0. The number of hydrogen-bond acceptors (Lipinski definition) is 3. The molecule has 0 fully saturated rings. The van der Waals surface area contributed by atoms with Gasteiger partial charge in [0.15, 0.2) is 0 Å². The minimum absolute atomic E-state index is 0. The van der Waals surface area contributed by atoms with E-state index in [-0.39, 0.29) is 18.2 Å². The van der Waals surface area contributed by atoms with Gasteiger partial charge in [-0.2, -0.15) is 0 Å². The Balaban J connectivity index is 0.00000162. The van der Waals surface area contributed by atoms with Crippen LogP contribution in [0.5, 0.6) is 11.6 Å². The Bertz CT molecular complexity index is 534. The highest BCUT2D eigenvalue weighted by Crippen LogP contribution is 2.21. The summed E-state index contributed by atoms with van der Waals surface area (Å²) in [4.78, 5) is 4.11. The molecule has 0 bridgehead atoms. The third-order valence-electron chi connectivity index (χ3n) is 2.43. The molecule has 2 rings (SSSR count). The van der Waals surface area contributed by atoms with E-state index < -0.39 is 0 Å². The molecule has 0 saturated heterocycles. The molecule has 2 N–H and O–H groups in total. The van der Waals surface area contributed by atoms with Crippen LogP contribution in [0.25, 0.3) is 0 Å². The average Bonchev–Trinajstić information content (AvgIpc) is 2.29. The van der Waals surface area contributed by atoms with Gasteiger partial charge in [-0.25, -0.2) is 9.37 Å². The number of aryl methyl sites for hydroxylation is 1. The molecular formula is C13H14ClFN2O. The number of halogens is 2. The van der Waals surface area contributed by atoms with Gasteiger partial charge >= 0.3 is 0 Å². The van der Waals surface area contributed by atoms with E-state index in [2.05, 4.69) is 4.98 Å². The molecule has 1 aromatic carbocycles. The van der Waals surface area contributed by atoms with Gasteiger partial charge in [0, 0.05) is 24.9 Å². The van der Waals surface area contributed by atoms with Crippen LogP contribution in [0.2, 0.25) is 0 Å². The van der Waals surface area contributed by atoms with Crippen molar-refractivity contribution in [2.24, 2.45) is 5.73 Å². The van der Waals surface area contributed by atoms with Crippen molar-refractivity contribution in [3.05, 3.63) is 53.5 Å². The van der Waals surface area contributed by atoms with Gasteiger partial charge in [-0.05, 0) is 30.2 Å². The summed E-state index contributed by atoms with van der Waals surface area (Å²) in [6, 6.07) is 7.73. The van der Waals surface area contributed by atoms with Crippen LogP contribution in [0.15, 0.2) is 36.5 Å². The monoisotopic (exact) mass is 268 g/mol. The van der Waals surface area contributed by atoms with Gasteiger partial charge in [0.25, 0.3) is 0 Å². The van der Waals surface area contributed by atoms with Gasteiger partial charge in [-0.3, -0.25) is 0 Å². The van der Waals surface area contributed by atoms with E-state index in [1.54, 1.807) is 24.4 Å². The van der Waals surface area contributed by atoms with Crippen LogP contribution in [0.3, 0.4) is 0 Å². The van der Waals surface area contributed by atoms with Crippen molar-refractivity contribution in [1.29, 1.82) is 0 Å². The second-order valence-electron chi connectivity index (χ2n) is 3.71. The van der Waals surface area contributed by atoms with Crippen molar-refractivity contribution >= 4 is 12.4 Å². The van der Waals surface area contributed by atoms with Crippen LogP contribution in [-0.4, -0.2) is 4.98 Å². The molecule has 0 radical (unpaired) electrons. The van der Waals surface area contributed by atoms with Crippen molar-refractivity contribution in [3.63, 3.8) is 0 Å². The number of hydrogen-bond donors (Lipinski definition) is 1. The summed E-state index contributed by atoms with van der Waals surface area (Å²) in [5.74, 6) is 0.528. The molecule has 3 nitrogen and oxygen atoms in total. The molecule has 0 amide bonds. The number of benzene rings is 1. The maximum Gasteiger partial charge on any atom is 0.219 e. The largest absolute Gasteiger partial charge is 0.439 e. The fourth-order valence-electron chi connectivity index (χ4n) is 1.48. The zero-order valence-electron chi connectivity index (χ0n) is 9.89. The molecule has 1 heterocycles. The second kappa shape index (κ2) is 6.33. The molecule has 96 valence electrons. The van der Waals surface area contributed by atoms with E-state index in [1.165, 1.54) is 12.1 Å². The predicted octanol–water partition coefficient (Wildman–Crippen LogP) is 3.20. The van der Waals surface area contributed by atoms with Gasteiger partial charge < -0.3 is 10.5 Å². The Morgan fingerprint density at radius 3 is 2.72 bits per heavy atom. The van der Waals surface area contributed by atoms with Gasteiger partial charge in [0.05, 0.1) is 0 Å². The first-order valence-corrected chi connectivity index (χ1v) is 5.28. The van der Waals surface area contributed by atoms with Crippen LogP contribution < -0.4 is 10.5 Å². The van der Waals surface area contributed by atoms with E-state index in [9.17, 15) is 4.39 Å². The van der Waals surface area contributed by atoms with Gasteiger partial charge in [-0.15, -0.1) is 12.4 Å². The normalized spacial score (nSPS) is 9.72. The standard InChI is InChI=1S/C13H13FN2O.ClH/c1-9-5-13(16-8-10(9)7-15)17-12-4-2-3-11(14)6-12;/h2-6,8H,7,15H2,1H3;1H. The highest BCUT2D eigenvalue weighted by atomic mass is 35.5. The molecule has 0 spiro atoms. The van der Waals surface area contributed by atoms with E-state index in [4.69, 9.17) is 10.5 Å². The van der Waals surface area contributed by atoms with Crippen LogP contribution in [0, 0.1) is 12.7 Å². The molecule has 5 heteroatoms. The summed E-state index contributed by atoms with van der Waals surface area (Å²) in [5, 5.41) is 0. The molecule has 0 aliphatic heterocycles. The quantitative estimate of drug-likeness (QED) is 0.930. The Morgan fingerprint density at radius 2 is 2.11 bits per heavy atom. The number of pyridine rings is 1. The summed E-state index contributed by atoms with van der Waals surface area (Å²) in [6.07, 6.45) is 1.67. The maximum atomic E-state index is 13.0. The fourth-order valence-corrected chi connectivity index (χ4v) is 1.48. The molecule has 0 saturated carbocycles. The van der Waals surface area contributed by atoms with Crippen molar-refractivity contribution in [2.75, 3.05) is 0 Å². The summed E-state index contributed by atoms with van der Waals surface area (Å²) in [5.41, 5.74) is 7.52. The topological polar surface area (TPSA) is 48.1 Å². The lowest BCUT2D eigenvalue weighted by atomic mass is 10.1. The summed E-state index contributed by atoms with van der Waals surface area (Å²) < 4.78 is 18.4. The van der Waals surface area contributed by atoms with Crippen molar-refractivity contribution in [2.45, 2.75) is 13.5 Å². The number of rotatable bonds is 3. The summed E-state index contributed by atoms with van der Waals surface area (Å²) >= 11 is 0. The number of ether oxygens (including phenoxy) is 1. The first kappa shape index (κ1) is 14.4. The molecule has 18 heavy (non-hydrogen) atoms. The molecule has 0 aliphatic carbocycles. The van der Waals surface area contributed by atoms with Crippen LogP contribution in [0.1, 0.15) is 11.1 Å². The molecule has 1 aromatic heterocycles. The van der Waals surface area contributed by atoms with E-state index >= 15 is 0 Å². The lowest BCUT2D eigenvalue weighted by Gasteiger charge is -2.07. The lowest BCUT2D eigenvalue weighted by Crippen LogP contribution is -2.00. The van der Waals surface area contributed by atoms with E-state index in [1.807, 2.05) is 6.92 Å².